The Hall–Kier alpha value is -0.450. The van der Waals surface area contributed by atoms with E-state index >= 15 is 0 Å². The van der Waals surface area contributed by atoms with Crippen molar-refractivity contribution in [3.05, 3.63) is 15.6 Å². The Morgan fingerprint density at radius 1 is 1.44 bits per heavy atom. The van der Waals surface area contributed by atoms with E-state index in [1.165, 1.54) is 47.7 Å². The lowest BCUT2D eigenvalue weighted by atomic mass is 9.99. The van der Waals surface area contributed by atoms with E-state index < -0.39 is 0 Å². The predicted octanol–water partition coefficient (Wildman–Crippen LogP) is 2.71. The van der Waals surface area contributed by atoms with Crippen molar-refractivity contribution in [2.75, 3.05) is 19.8 Å². The van der Waals surface area contributed by atoms with Gasteiger partial charge >= 0.3 is 0 Å². The standard InChI is InChI=1S/C14H22N2OS/c1-2-15-13(10-7-8-17-9-10)14-16-11-5-3-4-6-12(11)18-14/h10,13,15H,2-9H2,1H3. The maximum atomic E-state index is 5.54. The maximum Gasteiger partial charge on any atom is 0.110 e. The Bertz CT molecular complexity index is 375. The number of aromatic nitrogens is 1. The number of ether oxygens (including phenoxy) is 1. The maximum absolute atomic E-state index is 5.54. The molecule has 2 aliphatic rings. The molecule has 1 aliphatic heterocycles. The van der Waals surface area contributed by atoms with Gasteiger partial charge in [-0.3, -0.25) is 0 Å². The van der Waals surface area contributed by atoms with Crippen LogP contribution in [0.3, 0.4) is 0 Å². The summed E-state index contributed by atoms with van der Waals surface area (Å²) in [6.07, 6.45) is 6.25. The molecule has 0 bridgehead atoms. The molecule has 1 aliphatic carbocycles. The van der Waals surface area contributed by atoms with Crippen LogP contribution in [0.15, 0.2) is 0 Å². The van der Waals surface area contributed by atoms with Crippen molar-refractivity contribution in [2.45, 2.75) is 45.1 Å². The zero-order valence-corrected chi connectivity index (χ0v) is 11.9. The summed E-state index contributed by atoms with van der Waals surface area (Å²) in [5.74, 6) is 0.609. The second-order valence-corrected chi connectivity index (χ2v) is 6.40. The van der Waals surface area contributed by atoms with Crippen LogP contribution in [0.2, 0.25) is 0 Å². The van der Waals surface area contributed by atoms with E-state index in [4.69, 9.17) is 9.72 Å². The minimum absolute atomic E-state index is 0.410. The number of fused-ring (bicyclic) bond motifs is 1. The van der Waals surface area contributed by atoms with Crippen molar-refractivity contribution in [3.8, 4) is 0 Å². The van der Waals surface area contributed by atoms with E-state index in [0.29, 0.717) is 12.0 Å². The fourth-order valence-electron chi connectivity index (χ4n) is 3.00. The van der Waals surface area contributed by atoms with Gasteiger partial charge in [-0.1, -0.05) is 6.92 Å². The molecule has 1 aromatic heterocycles. The number of nitrogens with one attached hydrogen (secondary N) is 1. The highest BCUT2D eigenvalue weighted by atomic mass is 32.1. The lowest BCUT2D eigenvalue weighted by Crippen LogP contribution is -2.28. The lowest BCUT2D eigenvalue weighted by Gasteiger charge is -2.20. The Kier molecular flexibility index (Phi) is 3.97. The Labute approximate surface area is 113 Å². The van der Waals surface area contributed by atoms with Crippen LogP contribution in [0.25, 0.3) is 0 Å². The van der Waals surface area contributed by atoms with Crippen molar-refractivity contribution in [3.63, 3.8) is 0 Å². The molecule has 3 rings (SSSR count). The Balaban J connectivity index is 1.82. The lowest BCUT2D eigenvalue weighted by molar-refractivity contribution is 0.177. The molecular weight excluding hydrogens is 244 g/mol. The topological polar surface area (TPSA) is 34.2 Å². The molecule has 0 spiro atoms. The van der Waals surface area contributed by atoms with Crippen LogP contribution < -0.4 is 5.32 Å². The number of nitrogens with zero attached hydrogens (tertiary/aromatic N) is 1. The normalized spacial score (nSPS) is 25.1. The summed E-state index contributed by atoms with van der Waals surface area (Å²) in [4.78, 5) is 6.45. The molecule has 2 atom stereocenters. The highest BCUT2D eigenvalue weighted by Gasteiger charge is 2.30. The fourth-order valence-corrected chi connectivity index (χ4v) is 4.32. The summed E-state index contributed by atoms with van der Waals surface area (Å²) < 4.78 is 5.54. The van der Waals surface area contributed by atoms with Gasteiger partial charge in [0.25, 0.3) is 0 Å². The first kappa shape index (κ1) is 12.6. The zero-order chi connectivity index (χ0) is 12.4. The van der Waals surface area contributed by atoms with Crippen LogP contribution >= 0.6 is 11.3 Å². The van der Waals surface area contributed by atoms with Gasteiger partial charge in [-0.05, 0) is 38.6 Å². The summed E-state index contributed by atoms with van der Waals surface area (Å²) in [6, 6.07) is 0.410. The van der Waals surface area contributed by atoms with Crippen LogP contribution in [0.5, 0.6) is 0 Å². The summed E-state index contributed by atoms with van der Waals surface area (Å²) in [5, 5.41) is 4.92. The van der Waals surface area contributed by atoms with E-state index in [1.54, 1.807) is 0 Å². The number of hydrogen-bond donors (Lipinski definition) is 1. The number of thiazole rings is 1. The predicted molar refractivity (Wildman–Crippen MR) is 74.1 cm³/mol. The van der Waals surface area contributed by atoms with Gasteiger partial charge in [0.1, 0.15) is 5.01 Å². The molecule has 3 nitrogen and oxygen atoms in total. The first-order chi connectivity index (χ1) is 8.88. The third-order valence-corrected chi connectivity index (χ3v) is 5.23. The summed E-state index contributed by atoms with van der Waals surface area (Å²) in [7, 11) is 0. The van der Waals surface area contributed by atoms with Gasteiger partial charge < -0.3 is 10.1 Å². The van der Waals surface area contributed by atoms with E-state index in [9.17, 15) is 0 Å². The molecule has 0 saturated carbocycles. The second kappa shape index (κ2) is 5.68. The molecule has 1 saturated heterocycles. The van der Waals surface area contributed by atoms with E-state index in [1.807, 2.05) is 11.3 Å². The number of rotatable bonds is 4. The van der Waals surface area contributed by atoms with E-state index in [2.05, 4.69) is 12.2 Å². The van der Waals surface area contributed by atoms with Gasteiger partial charge in [0.15, 0.2) is 0 Å². The van der Waals surface area contributed by atoms with Crippen LogP contribution in [0, 0.1) is 5.92 Å². The summed E-state index contributed by atoms with van der Waals surface area (Å²) in [6.45, 7) is 4.99. The molecule has 2 heterocycles. The minimum atomic E-state index is 0.410. The van der Waals surface area contributed by atoms with Gasteiger partial charge in [0, 0.05) is 17.4 Å². The molecule has 100 valence electrons. The third kappa shape index (κ3) is 2.46. The second-order valence-electron chi connectivity index (χ2n) is 5.29. The van der Waals surface area contributed by atoms with Crippen LogP contribution in [-0.4, -0.2) is 24.7 Å². The fraction of sp³-hybridized carbons (Fsp3) is 0.786. The van der Waals surface area contributed by atoms with Gasteiger partial charge in [0.2, 0.25) is 0 Å². The molecular formula is C14H22N2OS. The van der Waals surface area contributed by atoms with Crippen LogP contribution in [-0.2, 0) is 17.6 Å². The monoisotopic (exact) mass is 266 g/mol. The van der Waals surface area contributed by atoms with Gasteiger partial charge in [-0.25, -0.2) is 4.98 Å². The van der Waals surface area contributed by atoms with Crippen molar-refractivity contribution < 1.29 is 4.74 Å². The van der Waals surface area contributed by atoms with Gasteiger partial charge in [0.05, 0.1) is 18.3 Å². The highest BCUT2D eigenvalue weighted by Crippen LogP contribution is 2.35. The Morgan fingerprint density at radius 2 is 2.33 bits per heavy atom. The minimum Gasteiger partial charge on any atom is -0.381 e. The molecule has 0 amide bonds. The zero-order valence-electron chi connectivity index (χ0n) is 11.1. The molecule has 1 fully saturated rings. The summed E-state index contributed by atoms with van der Waals surface area (Å²) in [5.41, 5.74) is 1.38. The molecule has 2 unspecified atom stereocenters. The Morgan fingerprint density at radius 3 is 3.06 bits per heavy atom. The molecule has 1 aromatic rings. The highest BCUT2D eigenvalue weighted by molar-refractivity contribution is 7.11. The van der Waals surface area contributed by atoms with Gasteiger partial charge in [-0.15, -0.1) is 11.3 Å². The first-order valence-electron chi connectivity index (χ1n) is 7.18. The molecule has 18 heavy (non-hydrogen) atoms. The average molecular weight is 266 g/mol. The average Bonchev–Trinajstić information content (AvgIpc) is 3.04. The van der Waals surface area contributed by atoms with Crippen LogP contribution in [0.1, 0.15) is 47.8 Å². The van der Waals surface area contributed by atoms with E-state index in [0.717, 1.165) is 19.8 Å². The van der Waals surface area contributed by atoms with E-state index in [-0.39, 0.29) is 0 Å². The first-order valence-corrected chi connectivity index (χ1v) is 7.99. The SMILES string of the molecule is CCNC(c1nc2c(s1)CCCC2)C1CCOC1. The molecule has 1 N–H and O–H groups in total. The third-order valence-electron chi connectivity index (χ3n) is 3.99. The van der Waals surface area contributed by atoms with Gasteiger partial charge in [-0.2, -0.15) is 0 Å². The van der Waals surface area contributed by atoms with Crippen molar-refractivity contribution in [2.24, 2.45) is 5.92 Å². The van der Waals surface area contributed by atoms with Crippen molar-refractivity contribution in [1.29, 1.82) is 0 Å². The smallest absolute Gasteiger partial charge is 0.110 e. The molecule has 4 heteroatoms. The van der Waals surface area contributed by atoms with Crippen molar-refractivity contribution >= 4 is 11.3 Å². The molecule has 0 aromatic carbocycles. The number of aryl methyl sites for hydroxylation is 2. The summed E-state index contributed by atoms with van der Waals surface area (Å²) >= 11 is 1.94. The largest absolute Gasteiger partial charge is 0.381 e. The number of hydrogen-bond acceptors (Lipinski definition) is 4. The quantitative estimate of drug-likeness (QED) is 0.910. The van der Waals surface area contributed by atoms with Crippen molar-refractivity contribution in [1.82, 2.24) is 10.3 Å². The molecule has 0 radical (unpaired) electrons. The van der Waals surface area contributed by atoms with Crippen LogP contribution in [0.4, 0.5) is 0 Å².